The van der Waals surface area contributed by atoms with Crippen LogP contribution < -0.4 is 10.2 Å². The molecule has 142 valence electrons. The summed E-state index contributed by atoms with van der Waals surface area (Å²) < 4.78 is 5.35. The first-order valence-corrected chi connectivity index (χ1v) is 9.43. The molecule has 0 spiro atoms. The van der Waals surface area contributed by atoms with Crippen molar-refractivity contribution in [3.63, 3.8) is 0 Å². The predicted molar refractivity (Wildman–Crippen MR) is 98.5 cm³/mol. The van der Waals surface area contributed by atoms with Crippen molar-refractivity contribution in [1.82, 2.24) is 20.4 Å². The number of carbonyl (C=O) groups is 2. The van der Waals surface area contributed by atoms with E-state index in [2.05, 4.69) is 15.5 Å². The lowest BCUT2D eigenvalue weighted by Gasteiger charge is -2.21. The largest absolute Gasteiger partial charge is 0.339 e. The number of anilines is 1. The van der Waals surface area contributed by atoms with Crippen LogP contribution in [0.1, 0.15) is 54.2 Å². The Morgan fingerprint density at radius 1 is 1.41 bits per heavy atom. The summed E-state index contributed by atoms with van der Waals surface area (Å²) in [7, 11) is 0. The van der Waals surface area contributed by atoms with Crippen molar-refractivity contribution in [3.05, 3.63) is 41.5 Å². The number of benzene rings is 1. The molecule has 1 N–H and O–H groups in total. The first kappa shape index (κ1) is 17.5. The van der Waals surface area contributed by atoms with E-state index in [0.29, 0.717) is 49.4 Å². The van der Waals surface area contributed by atoms with Gasteiger partial charge in [-0.05, 0) is 38.0 Å². The zero-order valence-electron chi connectivity index (χ0n) is 15.4. The Labute approximate surface area is 157 Å². The average molecular weight is 369 g/mol. The second-order valence-electron chi connectivity index (χ2n) is 6.93. The highest BCUT2D eigenvalue weighted by atomic mass is 16.5. The number of rotatable bonds is 6. The Balaban J connectivity index is 1.48. The first-order valence-electron chi connectivity index (χ1n) is 9.43. The van der Waals surface area contributed by atoms with E-state index in [-0.39, 0.29) is 11.9 Å². The van der Waals surface area contributed by atoms with Gasteiger partial charge in [-0.3, -0.25) is 9.69 Å². The second-order valence-corrected chi connectivity index (χ2v) is 6.93. The molecule has 0 radical (unpaired) electrons. The minimum Gasteiger partial charge on any atom is -0.339 e. The summed E-state index contributed by atoms with van der Waals surface area (Å²) in [4.78, 5) is 32.6. The van der Waals surface area contributed by atoms with Crippen molar-refractivity contribution in [2.75, 3.05) is 24.5 Å². The third kappa shape index (κ3) is 3.51. The maximum absolute atomic E-state index is 13.0. The molecule has 2 fully saturated rings. The Hall–Kier alpha value is -2.90. The van der Waals surface area contributed by atoms with Crippen LogP contribution in [0.3, 0.4) is 0 Å². The van der Waals surface area contributed by atoms with Crippen LogP contribution in [0.5, 0.6) is 0 Å². The second kappa shape index (κ2) is 7.38. The van der Waals surface area contributed by atoms with Crippen LogP contribution in [0.2, 0.25) is 0 Å². The molecule has 2 heterocycles. The fraction of sp³-hybridized carbons (Fsp3) is 0.474. The summed E-state index contributed by atoms with van der Waals surface area (Å²) in [6, 6.07) is 7.01. The molecule has 2 aliphatic rings. The predicted octanol–water partition coefficient (Wildman–Crippen LogP) is 2.53. The number of hydrogen-bond donors (Lipinski definition) is 1. The van der Waals surface area contributed by atoms with E-state index in [1.165, 1.54) is 6.42 Å². The van der Waals surface area contributed by atoms with Gasteiger partial charge in [0.2, 0.25) is 5.89 Å². The van der Waals surface area contributed by atoms with Crippen LogP contribution in [0.4, 0.5) is 10.5 Å². The normalized spacial score (nSPS) is 16.9. The van der Waals surface area contributed by atoms with Gasteiger partial charge >= 0.3 is 6.03 Å². The quantitative estimate of drug-likeness (QED) is 0.845. The van der Waals surface area contributed by atoms with Gasteiger partial charge < -0.3 is 14.7 Å². The molecule has 0 unspecified atom stereocenters. The molecule has 8 nitrogen and oxygen atoms in total. The smallest absolute Gasteiger partial charge is 0.321 e. The Morgan fingerprint density at radius 3 is 2.93 bits per heavy atom. The zero-order valence-corrected chi connectivity index (χ0v) is 15.4. The third-order valence-electron chi connectivity index (χ3n) is 5.20. The maximum Gasteiger partial charge on any atom is 0.321 e. The van der Waals surface area contributed by atoms with Crippen LogP contribution in [0.15, 0.2) is 28.8 Å². The molecule has 1 saturated carbocycles. The monoisotopic (exact) mass is 369 g/mol. The molecule has 1 aromatic carbocycles. The minimum atomic E-state index is -0.137. The Morgan fingerprint density at radius 2 is 2.26 bits per heavy atom. The van der Waals surface area contributed by atoms with E-state index in [0.717, 1.165) is 18.5 Å². The van der Waals surface area contributed by atoms with Crippen LogP contribution in [0, 0.1) is 0 Å². The maximum atomic E-state index is 13.0. The molecule has 0 atom stereocenters. The highest BCUT2D eigenvalue weighted by Gasteiger charge is 2.27. The summed E-state index contributed by atoms with van der Waals surface area (Å²) >= 11 is 0. The molecular formula is C19H23N5O3. The number of nitrogens with zero attached hydrogens (tertiary/aromatic N) is 4. The van der Waals surface area contributed by atoms with Crippen molar-refractivity contribution in [2.45, 2.75) is 38.6 Å². The fourth-order valence-electron chi connectivity index (χ4n) is 3.36. The number of hydrogen-bond acceptors (Lipinski definition) is 5. The molecule has 3 amide bonds. The van der Waals surface area contributed by atoms with Crippen molar-refractivity contribution in [1.29, 1.82) is 0 Å². The molecule has 1 saturated heterocycles. The molecule has 4 rings (SSSR count). The molecule has 1 aliphatic heterocycles. The lowest BCUT2D eigenvalue weighted by molar-refractivity contribution is 0.0747. The molecule has 0 bridgehead atoms. The highest BCUT2D eigenvalue weighted by molar-refractivity contribution is 5.98. The van der Waals surface area contributed by atoms with Crippen molar-refractivity contribution < 1.29 is 14.1 Å². The Kier molecular flexibility index (Phi) is 4.79. The molecule has 8 heteroatoms. The van der Waals surface area contributed by atoms with Gasteiger partial charge in [-0.2, -0.15) is 4.98 Å². The van der Waals surface area contributed by atoms with E-state index in [1.807, 2.05) is 13.0 Å². The van der Waals surface area contributed by atoms with Gasteiger partial charge in [-0.1, -0.05) is 17.6 Å². The first-order chi connectivity index (χ1) is 13.2. The zero-order chi connectivity index (χ0) is 18.8. The van der Waals surface area contributed by atoms with E-state index in [1.54, 1.807) is 28.0 Å². The number of urea groups is 1. The lowest BCUT2D eigenvalue weighted by atomic mass is 9.85. The highest BCUT2D eigenvalue weighted by Crippen LogP contribution is 2.35. The van der Waals surface area contributed by atoms with Crippen molar-refractivity contribution in [2.24, 2.45) is 0 Å². The summed E-state index contributed by atoms with van der Waals surface area (Å²) in [5.74, 6) is 1.47. The van der Waals surface area contributed by atoms with E-state index in [4.69, 9.17) is 4.52 Å². The standard InChI is InChI=1S/C19H23N5O3/c1-2-23(12-16-21-17(27-22-16)13-5-3-6-13)18(25)14-7-4-8-15(11-14)24-10-9-20-19(24)26/h4,7-8,11,13H,2-3,5-6,9-10,12H2,1H3,(H,20,26). The van der Waals surface area contributed by atoms with Gasteiger partial charge in [0.1, 0.15) is 0 Å². The third-order valence-corrected chi connectivity index (χ3v) is 5.20. The van der Waals surface area contributed by atoms with Crippen molar-refractivity contribution >= 4 is 17.6 Å². The Bertz CT molecular complexity index is 845. The molecule has 27 heavy (non-hydrogen) atoms. The van der Waals surface area contributed by atoms with Gasteiger partial charge in [-0.15, -0.1) is 0 Å². The summed E-state index contributed by atoms with van der Waals surface area (Å²) in [6.45, 7) is 3.96. The van der Waals surface area contributed by atoms with Crippen LogP contribution >= 0.6 is 0 Å². The number of aromatic nitrogens is 2. The molecular weight excluding hydrogens is 346 g/mol. The summed E-state index contributed by atoms with van der Waals surface area (Å²) in [5.41, 5.74) is 1.26. The summed E-state index contributed by atoms with van der Waals surface area (Å²) in [5, 5.41) is 6.80. The average Bonchev–Trinajstić information content (AvgIpc) is 3.27. The molecule has 1 aromatic heterocycles. The van der Waals surface area contributed by atoms with E-state index in [9.17, 15) is 9.59 Å². The lowest BCUT2D eigenvalue weighted by Crippen LogP contribution is -2.31. The van der Waals surface area contributed by atoms with Gasteiger partial charge in [0.25, 0.3) is 5.91 Å². The van der Waals surface area contributed by atoms with Crippen LogP contribution in [-0.2, 0) is 6.54 Å². The van der Waals surface area contributed by atoms with Gasteiger partial charge in [0.05, 0.1) is 6.54 Å². The van der Waals surface area contributed by atoms with Crippen LogP contribution in [0.25, 0.3) is 0 Å². The van der Waals surface area contributed by atoms with Gasteiger partial charge in [-0.25, -0.2) is 4.79 Å². The topological polar surface area (TPSA) is 91.6 Å². The fourth-order valence-corrected chi connectivity index (χ4v) is 3.36. The number of nitrogens with one attached hydrogen (secondary N) is 1. The van der Waals surface area contributed by atoms with E-state index >= 15 is 0 Å². The number of amides is 3. The minimum absolute atomic E-state index is 0.117. The molecule has 1 aliphatic carbocycles. The summed E-state index contributed by atoms with van der Waals surface area (Å²) in [6.07, 6.45) is 3.39. The van der Waals surface area contributed by atoms with Gasteiger partial charge in [0, 0.05) is 36.8 Å². The van der Waals surface area contributed by atoms with Crippen LogP contribution in [-0.4, -0.2) is 46.6 Å². The van der Waals surface area contributed by atoms with E-state index < -0.39 is 0 Å². The van der Waals surface area contributed by atoms with Crippen molar-refractivity contribution in [3.8, 4) is 0 Å². The number of carbonyl (C=O) groups excluding carboxylic acids is 2. The van der Waals surface area contributed by atoms with Gasteiger partial charge in [0.15, 0.2) is 5.82 Å². The SMILES string of the molecule is CCN(Cc1noc(C2CCC2)n1)C(=O)c1cccc(N2CCNC2=O)c1. The molecule has 2 aromatic rings.